The number of aryl methyl sites for hydroxylation is 2. The molecule has 0 saturated heterocycles. The summed E-state index contributed by atoms with van der Waals surface area (Å²) in [5.74, 6) is -0.0556. The van der Waals surface area contributed by atoms with Crippen molar-refractivity contribution in [2.75, 3.05) is 5.32 Å². The Morgan fingerprint density at radius 1 is 1.33 bits per heavy atom. The van der Waals surface area contributed by atoms with Crippen molar-refractivity contribution in [1.82, 2.24) is 4.98 Å². The number of pyridine rings is 1. The van der Waals surface area contributed by atoms with Crippen molar-refractivity contribution in [3.8, 4) is 0 Å². The molecule has 0 bridgehead atoms. The van der Waals surface area contributed by atoms with Gasteiger partial charge < -0.3 is 5.32 Å². The van der Waals surface area contributed by atoms with Crippen molar-refractivity contribution in [2.45, 2.75) is 20.8 Å². The van der Waals surface area contributed by atoms with Crippen LogP contribution in [0.25, 0.3) is 0 Å². The van der Waals surface area contributed by atoms with E-state index in [2.05, 4.69) is 10.3 Å². The van der Waals surface area contributed by atoms with E-state index in [9.17, 15) is 4.79 Å². The van der Waals surface area contributed by atoms with Gasteiger partial charge in [-0.3, -0.25) is 9.78 Å². The zero-order chi connectivity index (χ0) is 9.14. The summed E-state index contributed by atoms with van der Waals surface area (Å²) >= 11 is 0. The summed E-state index contributed by atoms with van der Waals surface area (Å²) in [6.45, 7) is 5.29. The Hall–Kier alpha value is -1.38. The summed E-state index contributed by atoms with van der Waals surface area (Å²) in [7, 11) is 0. The minimum atomic E-state index is -0.0556. The van der Waals surface area contributed by atoms with Crippen LogP contribution in [0.1, 0.15) is 18.3 Å². The lowest BCUT2D eigenvalue weighted by Gasteiger charge is -2.03. The standard InChI is InChI=1S/C9H12N2O/c1-6-4-9(11-8(3)12)5-7(2)10-6/h4-5H,1-3H3,(H,10,11,12). The van der Waals surface area contributed by atoms with Crippen LogP contribution >= 0.6 is 0 Å². The van der Waals surface area contributed by atoms with E-state index in [0.29, 0.717) is 0 Å². The lowest BCUT2D eigenvalue weighted by molar-refractivity contribution is -0.114. The third-order valence-electron chi connectivity index (χ3n) is 1.40. The molecule has 1 heterocycles. The molecule has 0 unspecified atom stereocenters. The number of rotatable bonds is 1. The van der Waals surface area contributed by atoms with E-state index in [1.807, 2.05) is 26.0 Å². The number of carbonyl (C=O) groups is 1. The molecule has 0 aromatic carbocycles. The first kappa shape index (κ1) is 8.71. The highest BCUT2D eigenvalue weighted by Gasteiger charge is 1.97. The second-order valence-electron chi connectivity index (χ2n) is 2.82. The summed E-state index contributed by atoms with van der Waals surface area (Å²) in [6.07, 6.45) is 0. The fraction of sp³-hybridized carbons (Fsp3) is 0.333. The molecule has 0 aliphatic rings. The first-order valence-corrected chi connectivity index (χ1v) is 3.81. The molecule has 0 atom stereocenters. The molecular weight excluding hydrogens is 152 g/mol. The second-order valence-corrected chi connectivity index (χ2v) is 2.82. The van der Waals surface area contributed by atoms with E-state index in [4.69, 9.17) is 0 Å². The molecule has 0 aliphatic carbocycles. The first-order chi connectivity index (χ1) is 5.58. The first-order valence-electron chi connectivity index (χ1n) is 3.81. The van der Waals surface area contributed by atoms with Gasteiger partial charge in [0, 0.05) is 24.0 Å². The number of hydrogen-bond donors (Lipinski definition) is 1. The van der Waals surface area contributed by atoms with Crippen LogP contribution in [0.5, 0.6) is 0 Å². The van der Waals surface area contributed by atoms with Gasteiger partial charge in [0.15, 0.2) is 0 Å². The third kappa shape index (κ3) is 2.34. The molecule has 3 nitrogen and oxygen atoms in total. The number of nitrogens with zero attached hydrogens (tertiary/aromatic N) is 1. The topological polar surface area (TPSA) is 42.0 Å². The van der Waals surface area contributed by atoms with Crippen molar-refractivity contribution in [3.63, 3.8) is 0 Å². The summed E-state index contributed by atoms with van der Waals surface area (Å²) in [6, 6.07) is 3.68. The van der Waals surface area contributed by atoms with Gasteiger partial charge in [0.2, 0.25) is 5.91 Å². The lowest BCUT2D eigenvalue weighted by atomic mass is 10.3. The van der Waals surface area contributed by atoms with Gasteiger partial charge in [-0.25, -0.2) is 0 Å². The van der Waals surface area contributed by atoms with Crippen molar-refractivity contribution in [2.24, 2.45) is 0 Å². The van der Waals surface area contributed by atoms with E-state index in [-0.39, 0.29) is 5.91 Å². The smallest absolute Gasteiger partial charge is 0.221 e. The summed E-state index contributed by atoms with van der Waals surface area (Å²) < 4.78 is 0. The molecule has 3 heteroatoms. The number of aromatic nitrogens is 1. The van der Waals surface area contributed by atoms with Gasteiger partial charge in [-0.15, -0.1) is 0 Å². The minimum Gasteiger partial charge on any atom is -0.326 e. The van der Waals surface area contributed by atoms with Crippen LogP contribution in [0, 0.1) is 13.8 Å². The predicted octanol–water partition coefficient (Wildman–Crippen LogP) is 1.66. The van der Waals surface area contributed by atoms with Gasteiger partial charge in [-0.1, -0.05) is 0 Å². The van der Waals surface area contributed by atoms with Crippen molar-refractivity contribution in [3.05, 3.63) is 23.5 Å². The molecule has 0 saturated carbocycles. The number of hydrogen-bond acceptors (Lipinski definition) is 2. The Morgan fingerprint density at radius 3 is 2.25 bits per heavy atom. The van der Waals surface area contributed by atoms with Crippen LogP contribution in [-0.2, 0) is 4.79 Å². The average Bonchev–Trinajstić information content (AvgIpc) is 1.81. The second kappa shape index (κ2) is 3.34. The number of anilines is 1. The van der Waals surface area contributed by atoms with Crippen molar-refractivity contribution >= 4 is 11.6 Å². The third-order valence-corrected chi connectivity index (χ3v) is 1.40. The van der Waals surface area contributed by atoms with Crippen molar-refractivity contribution < 1.29 is 4.79 Å². The van der Waals surface area contributed by atoms with Crippen LogP contribution in [0.2, 0.25) is 0 Å². The average molecular weight is 164 g/mol. The molecule has 1 aromatic heterocycles. The van der Waals surface area contributed by atoms with Gasteiger partial charge in [0.1, 0.15) is 0 Å². The molecule has 1 amide bonds. The Morgan fingerprint density at radius 2 is 1.83 bits per heavy atom. The number of carbonyl (C=O) groups excluding carboxylic acids is 1. The monoisotopic (exact) mass is 164 g/mol. The summed E-state index contributed by atoms with van der Waals surface area (Å²) in [5, 5.41) is 2.71. The highest BCUT2D eigenvalue weighted by Crippen LogP contribution is 2.09. The normalized spacial score (nSPS) is 9.58. The predicted molar refractivity (Wildman–Crippen MR) is 48.0 cm³/mol. The highest BCUT2D eigenvalue weighted by atomic mass is 16.1. The summed E-state index contributed by atoms with van der Waals surface area (Å²) in [4.78, 5) is 14.9. The molecule has 1 aromatic rings. The molecule has 1 N–H and O–H groups in total. The van der Waals surface area contributed by atoms with E-state index in [1.54, 1.807) is 0 Å². The maximum atomic E-state index is 10.7. The molecule has 0 spiro atoms. The van der Waals surface area contributed by atoms with Crippen LogP contribution in [0.15, 0.2) is 12.1 Å². The van der Waals surface area contributed by atoms with Crippen LogP contribution < -0.4 is 5.32 Å². The van der Waals surface area contributed by atoms with Crippen molar-refractivity contribution in [1.29, 1.82) is 0 Å². The number of nitrogens with one attached hydrogen (secondary N) is 1. The fourth-order valence-electron chi connectivity index (χ4n) is 1.11. The fourth-order valence-corrected chi connectivity index (χ4v) is 1.11. The summed E-state index contributed by atoms with van der Waals surface area (Å²) in [5.41, 5.74) is 2.64. The Bertz CT molecular complexity index is 287. The SMILES string of the molecule is CC(=O)Nc1cc(C)nc(C)c1. The maximum Gasteiger partial charge on any atom is 0.221 e. The Balaban J connectivity index is 2.93. The van der Waals surface area contributed by atoms with Gasteiger partial charge in [0.25, 0.3) is 0 Å². The molecule has 64 valence electrons. The molecule has 12 heavy (non-hydrogen) atoms. The highest BCUT2D eigenvalue weighted by molar-refractivity contribution is 5.88. The van der Waals surface area contributed by atoms with Gasteiger partial charge in [-0.2, -0.15) is 0 Å². The maximum absolute atomic E-state index is 10.7. The van der Waals surface area contributed by atoms with E-state index >= 15 is 0 Å². The number of amides is 1. The van der Waals surface area contributed by atoms with Gasteiger partial charge in [0.05, 0.1) is 0 Å². The zero-order valence-corrected chi connectivity index (χ0v) is 7.51. The molecule has 1 rings (SSSR count). The molecule has 0 aliphatic heterocycles. The van der Waals surface area contributed by atoms with Gasteiger partial charge in [-0.05, 0) is 26.0 Å². The van der Waals surface area contributed by atoms with E-state index in [1.165, 1.54) is 6.92 Å². The van der Waals surface area contributed by atoms with Crippen LogP contribution in [-0.4, -0.2) is 10.9 Å². The van der Waals surface area contributed by atoms with Gasteiger partial charge >= 0.3 is 0 Å². The molecule has 0 fully saturated rings. The largest absolute Gasteiger partial charge is 0.326 e. The quantitative estimate of drug-likeness (QED) is 0.685. The Labute approximate surface area is 71.8 Å². The molecule has 0 radical (unpaired) electrons. The van der Waals surface area contributed by atoms with E-state index < -0.39 is 0 Å². The van der Waals surface area contributed by atoms with E-state index in [0.717, 1.165) is 17.1 Å². The zero-order valence-electron chi connectivity index (χ0n) is 7.51. The molecular formula is C9H12N2O. The lowest BCUT2D eigenvalue weighted by Crippen LogP contribution is -2.06. The van der Waals surface area contributed by atoms with Crippen LogP contribution in [0.4, 0.5) is 5.69 Å². The van der Waals surface area contributed by atoms with Crippen LogP contribution in [0.3, 0.4) is 0 Å². The minimum absolute atomic E-state index is 0.0556. The Kier molecular flexibility index (Phi) is 2.43.